The lowest BCUT2D eigenvalue weighted by molar-refractivity contribution is -0.630. The molecule has 0 saturated carbocycles. The van der Waals surface area contributed by atoms with Crippen molar-refractivity contribution >= 4 is 0 Å². The molecule has 4 nitrogen and oxygen atoms in total. The zero-order valence-corrected chi connectivity index (χ0v) is 8.87. The summed E-state index contributed by atoms with van der Waals surface area (Å²) >= 11 is 0. The van der Waals surface area contributed by atoms with Crippen molar-refractivity contribution in [1.29, 1.82) is 0 Å². The monoisotopic (exact) mass is 218 g/mol. The summed E-state index contributed by atoms with van der Waals surface area (Å²) in [4.78, 5) is 10.0. The lowest BCUT2D eigenvalue weighted by Gasteiger charge is -2.12. The summed E-state index contributed by atoms with van der Waals surface area (Å²) < 4.78 is 0. The Kier molecular flexibility index (Phi) is 3.96. The molecule has 83 valence electrons. The number of nitrogens with zero attached hydrogens (tertiary/aromatic N) is 1. The van der Waals surface area contributed by atoms with E-state index >= 15 is 0 Å². The molecule has 0 aliphatic rings. The van der Waals surface area contributed by atoms with Gasteiger partial charge in [0.05, 0.1) is 10.5 Å². The Bertz CT molecular complexity index is 412. The molecule has 0 spiro atoms. The molecule has 1 atom stereocenters. The minimum atomic E-state index is -2.42. The molecule has 0 aromatic heterocycles. The Labute approximate surface area is 93.7 Å². The quantitative estimate of drug-likeness (QED) is 0.337. The van der Waals surface area contributed by atoms with Gasteiger partial charge < -0.3 is 0 Å². The molecule has 0 aliphatic carbocycles. The predicted molar refractivity (Wildman–Crippen MR) is 59.8 cm³/mol. The molecule has 0 N–H and O–H groups in total. The minimum Gasteiger partial charge on any atom is -0.261 e. The number of benzene rings is 1. The largest absolute Gasteiger partial charge is 0.397 e. The van der Waals surface area contributed by atoms with E-state index in [4.69, 9.17) is 0 Å². The first-order valence-corrected chi connectivity index (χ1v) is 4.82. The topological polar surface area (TPSA) is 63.0 Å². The Morgan fingerprint density at radius 2 is 1.88 bits per heavy atom. The van der Waals surface area contributed by atoms with E-state index in [9.17, 15) is 15.2 Å². The van der Waals surface area contributed by atoms with Crippen molar-refractivity contribution in [2.75, 3.05) is 0 Å². The molecular weight excluding hydrogens is 206 g/mol. The second-order valence-electron chi connectivity index (χ2n) is 3.20. The normalized spacial score (nSPS) is 15.4. The van der Waals surface area contributed by atoms with Gasteiger partial charge in [-0.15, -0.1) is 5.11 Å². The average Bonchev–Trinajstić information content (AvgIpc) is 2.30. The van der Waals surface area contributed by atoms with E-state index in [1.54, 1.807) is 37.3 Å². The molecule has 0 saturated heterocycles. The van der Waals surface area contributed by atoms with Gasteiger partial charge in [-0.1, -0.05) is 36.4 Å². The van der Waals surface area contributed by atoms with Crippen molar-refractivity contribution in [3.8, 4) is 0 Å². The highest BCUT2D eigenvalue weighted by Crippen LogP contribution is 2.24. The summed E-state index contributed by atoms with van der Waals surface area (Å²) in [7, 11) is 0. The van der Waals surface area contributed by atoms with Crippen LogP contribution in [-0.2, 0) is 10.8 Å². The van der Waals surface area contributed by atoms with Crippen LogP contribution < -0.4 is 0 Å². The molecule has 16 heavy (non-hydrogen) atoms. The van der Waals surface area contributed by atoms with Crippen molar-refractivity contribution in [2.45, 2.75) is 12.6 Å². The van der Waals surface area contributed by atoms with Crippen molar-refractivity contribution in [3.05, 3.63) is 70.3 Å². The van der Waals surface area contributed by atoms with E-state index < -0.39 is 10.6 Å². The number of hydrogen-bond donors (Lipinski definition) is 0. The third-order valence-electron chi connectivity index (χ3n) is 2.08. The summed E-state index contributed by atoms with van der Waals surface area (Å²) in [6.45, 7) is 1.77. The molecule has 0 heterocycles. The van der Waals surface area contributed by atoms with Crippen LogP contribution in [0.5, 0.6) is 0 Å². The maximum Gasteiger partial charge on any atom is 0.397 e. The third kappa shape index (κ3) is 2.55. The maximum atomic E-state index is 12.1. The van der Waals surface area contributed by atoms with Crippen LogP contribution in [0, 0.1) is 10.1 Å². The summed E-state index contributed by atoms with van der Waals surface area (Å²) in [6.07, 6.45) is 5.71. The first kappa shape index (κ1) is 12.1. The van der Waals surface area contributed by atoms with Gasteiger partial charge in [-0.25, -0.2) is 0 Å². The van der Waals surface area contributed by atoms with Crippen LogP contribution in [-0.4, -0.2) is 4.92 Å². The van der Waals surface area contributed by atoms with Crippen molar-refractivity contribution < 1.29 is 10.0 Å². The molecular formula is C12H12NO3. The zero-order chi connectivity index (χ0) is 12.0. The highest BCUT2D eigenvalue weighted by atomic mass is 16.7. The lowest BCUT2D eigenvalue weighted by Crippen LogP contribution is -2.31. The Hall–Kier alpha value is -1.94. The smallest absolute Gasteiger partial charge is 0.261 e. The molecule has 4 heteroatoms. The summed E-state index contributed by atoms with van der Waals surface area (Å²) in [5.74, 6) is 0. The Balaban J connectivity index is 3.12. The standard InChI is InChI=1S/C12H12NO3/c1-2-3-7-10-12(14,13(15)16)11-8-5-4-6-9-11/h2-10H,1H3. The first-order chi connectivity index (χ1) is 7.61. The van der Waals surface area contributed by atoms with Crippen LogP contribution in [0.4, 0.5) is 0 Å². The van der Waals surface area contributed by atoms with Gasteiger partial charge in [0.1, 0.15) is 0 Å². The molecule has 0 bridgehead atoms. The van der Waals surface area contributed by atoms with Crippen LogP contribution in [0.15, 0.2) is 54.6 Å². The first-order valence-electron chi connectivity index (χ1n) is 4.82. The molecule has 1 unspecified atom stereocenters. The second kappa shape index (κ2) is 5.23. The Morgan fingerprint density at radius 3 is 2.38 bits per heavy atom. The summed E-state index contributed by atoms with van der Waals surface area (Å²) in [5, 5.41) is 22.9. The van der Waals surface area contributed by atoms with Crippen LogP contribution in [0.1, 0.15) is 12.5 Å². The number of allylic oxidation sites excluding steroid dienone is 3. The SMILES string of the molecule is CC=CC=CC([O])(c1ccccc1)[N+](=O)[O-]. The minimum absolute atomic E-state index is 0.126. The van der Waals surface area contributed by atoms with E-state index in [2.05, 4.69) is 0 Å². The third-order valence-corrected chi connectivity index (χ3v) is 2.08. The van der Waals surface area contributed by atoms with E-state index in [0.717, 1.165) is 6.08 Å². The number of hydrogen-bond acceptors (Lipinski definition) is 2. The summed E-state index contributed by atoms with van der Waals surface area (Å²) in [5.41, 5.74) is -2.29. The fourth-order valence-electron chi connectivity index (χ4n) is 1.24. The van der Waals surface area contributed by atoms with Gasteiger partial charge >= 0.3 is 5.72 Å². The fraction of sp³-hybridized carbons (Fsp3) is 0.167. The highest BCUT2D eigenvalue weighted by Gasteiger charge is 2.41. The van der Waals surface area contributed by atoms with E-state index in [-0.39, 0.29) is 5.56 Å². The van der Waals surface area contributed by atoms with E-state index in [0.29, 0.717) is 0 Å². The van der Waals surface area contributed by atoms with E-state index in [1.807, 2.05) is 0 Å². The van der Waals surface area contributed by atoms with Gasteiger partial charge in [0.25, 0.3) is 0 Å². The van der Waals surface area contributed by atoms with Gasteiger partial charge in [-0.3, -0.25) is 10.1 Å². The molecule has 1 radical (unpaired) electrons. The van der Waals surface area contributed by atoms with Gasteiger partial charge in [0.15, 0.2) is 0 Å². The predicted octanol–water partition coefficient (Wildman–Crippen LogP) is 2.68. The van der Waals surface area contributed by atoms with Gasteiger partial charge in [-0.2, -0.15) is 0 Å². The molecule has 1 rings (SSSR count). The van der Waals surface area contributed by atoms with Crippen molar-refractivity contribution in [3.63, 3.8) is 0 Å². The van der Waals surface area contributed by atoms with Gasteiger partial charge in [-0.05, 0) is 19.1 Å². The van der Waals surface area contributed by atoms with Crippen LogP contribution in [0.25, 0.3) is 0 Å². The number of nitro groups is 1. The maximum absolute atomic E-state index is 12.1. The van der Waals surface area contributed by atoms with Crippen LogP contribution in [0.3, 0.4) is 0 Å². The molecule has 0 amide bonds. The van der Waals surface area contributed by atoms with Crippen LogP contribution >= 0.6 is 0 Å². The second-order valence-corrected chi connectivity index (χ2v) is 3.20. The van der Waals surface area contributed by atoms with Crippen molar-refractivity contribution in [1.82, 2.24) is 0 Å². The molecule has 1 aromatic carbocycles. The van der Waals surface area contributed by atoms with E-state index in [1.165, 1.54) is 18.2 Å². The summed E-state index contributed by atoms with van der Waals surface area (Å²) in [6, 6.07) is 7.83. The van der Waals surface area contributed by atoms with Crippen LogP contribution in [0.2, 0.25) is 0 Å². The average molecular weight is 218 g/mol. The zero-order valence-electron chi connectivity index (χ0n) is 8.87. The number of rotatable bonds is 4. The molecule has 0 aliphatic heterocycles. The van der Waals surface area contributed by atoms with Crippen molar-refractivity contribution in [2.24, 2.45) is 0 Å². The molecule has 1 aromatic rings. The fourth-order valence-corrected chi connectivity index (χ4v) is 1.24. The molecule has 0 fully saturated rings. The Morgan fingerprint density at radius 1 is 1.25 bits per heavy atom. The van der Waals surface area contributed by atoms with Gasteiger partial charge in [0.2, 0.25) is 0 Å². The van der Waals surface area contributed by atoms with Gasteiger partial charge in [0, 0.05) is 6.08 Å². The lowest BCUT2D eigenvalue weighted by atomic mass is 10.0. The highest BCUT2D eigenvalue weighted by molar-refractivity contribution is 5.25.